The standard InChI is InChI=1S/C9H8ClN3O2S/c1-2-3-7(10)13-5-4(11)6(9(14)15)16-8(5)12-3/h2,11H2,1H3,(H,14,15). The fourth-order valence-corrected chi connectivity index (χ4v) is 2.48. The highest BCUT2D eigenvalue weighted by molar-refractivity contribution is 7.21. The molecule has 7 heteroatoms. The predicted octanol–water partition coefficient (Wildman–Crippen LogP) is 2.19. The largest absolute Gasteiger partial charge is 0.477 e. The maximum Gasteiger partial charge on any atom is 0.348 e. The molecule has 16 heavy (non-hydrogen) atoms. The Morgan fingerprint density at radius 1 is 1.56 bits per heavy atom. The zero-order valence-electron chi connectivity index (χ0n) is 8.32. The van der Waals surface area contributed by atoms with E-state index in [1.165, 1.54) is 0 Å². The van der Waals surface area contributed by atoms with Crippen molar-refractivity contribution in [2.24, 2.45) is 0 Å². The van der Waals surface area contributed by atoms with Crippen LogP contribution in [0.4, 0.5) is 5.69 Å². The van der Waals surface area contributed by atoms with Crippen LogP contribution < -0.4 is 5.73 Å². The summed E-state index contributed by atoms with van der Waals surface area (Å²) in [7, 11) is 0. The van der Waals surface area contributed by atoms with Crippen LogP contribution in [-0.2, 0) is 6.42 Å². The first-order chi connectivity index (χ1) is 7.54. The lowest BCUT2D eigenvalue weighted by Gasteiger charge is -1.98. The molecule has 0 unspecified atom stereocenters. The lowest BCUT2D eigenvalue weighted by atomic mass is 10.3. The van der Waals surface area contributed by atoms with Gasteiger partial charge in [0.1, 0.15) is 15.2 Å². The van der Waals surface area contributed by atoms with Gasteiger partial charge in [-0.1, -0.05) is 18.5 Å². The SMILES string of the molecule is CCc1nc2sc(C(=O)O)c(N)c2nc1Cl. The van der Waals surface area contributed by atoms with E-state index in [4.69, 9.17) is 22.4 Å². The molecule has 2 heterocycles. The second-order valence-electron chi connectivity index (χ2n) is 3.12. The Hall–Kier alpha value is -1.40. The first-order valence-corrected chi connectivity index (χ1v) is 5.71. The topological polar surface area (TPSA) is 89.1 Å². The number of rotatable bonds is 2. The van der Waals surface area contributed by atoms with E-state index in [-0.39, 0.29) is 15.7 Å². The van der Waals surface area contributed by atoms with Gasteiger partial charge in [-0.2, -0.15) is 0 Å². The molecule has 0 saturated carbocycles. The third-order valence-electron chi connectivity index (χ3n) is 2.11. The third-order valence-corrected chi connectivity index (χ3v) is 3.49. The highest BCUT2D eigenvalue weighted by Crippen LogP contribution is 2.32. The van der Waals surface area contributed by atoms with Crippen LogP contribution in [0.1, 0.15) is 22.3 Å². The Labute approximate surface area is 99.9 Å². The first kappa shape index (κ1) is 11.1. The van der Waals surface area contributed by atoms with Gasteiger partial charge in [0.2, 0.25) is 0 Å². The second-order valence-corrected chi connectivity index (χ2v) is 4.48. The van der Waals surface area contributed by atoms with Crippen LogP contribution >= 0.6 is 22.9 Å². The van der Waals surface area contributed by atoms with Crippen LogP contribution in [-0.4, -0.2) is 21.0 Å². The highest BCUT2D eigenvalue weighted by atomic mass is 35.5. The van der Waals surface area contributed by atoms with Gasteiger partial charge in [0, 0.05) is 0 Å². The predicted molar refractivity (Wildman–Crippen MR) is 63.2 cm³/mol. The molecule has 0 radical (unpaired) electrons. The number of hydrogen-bond donors (Lipinski definition) is 2. The lowest BCUT2D eigenvalue weighted by Crippen LogP contribution is -1.98. The molecule has 2 rings (SSSR count). The first-order valence-electron chi connectivity index (χ1n) is 4.52. The molecule has 0 aliphatic heterocycles. The second kappa shape index (κ2) is 3.88. The van der Waals surface area contributed by atoms with E-state index in [1.807, 2.05) is 6.92 Å². The number of carboxylic acid groups (broad SMARTS) is 1. The molecule has 2 aromatic rings. The fraction of sp³-hybridized carbons (Fsp3) is 0.222. The average molecular weight is 258 g/mol. The van der Waals surface area contributed by atoms with Gasteiger partial charge in [0.15, 0.2) is 5.15 Å². The average Bonchev–Trinajstić information content (AvgIpc) is 2.55. The normalized spacial score (nSPS) is 10.9. The number of aryl methyl sites for hydroxylation is 1. The number of thiophene rings is 1. The van der Waals surface area contributed by atoms with Crippen molar-refractivity contribution in [1.29, 1.82) is 0 Å². The Bertz CT molecular complexity index is 582. The number of hydrogen-bond acceptors (Lipinski definition) is 5. The molecule has 84 valence electrons. The molecular weight excluding hydrogens is 250 g/mol. The summed E-state index contributed by atoms with van der Waals surface area (Å²) in [6.45, 7) is 1.90. The maximum absolute atomic E-state index is 10.9. The number of aromatic carboxylic acids is 1. The van der Waals surface area contributed by atoms with Crippen molar-refractivity contribution < 1.29 is 9.90 Å². The number of carbonyl (C=O) groups is 1. The van der Waals surface area contributed by atoms with Crippen molar-refractivity contribution in [2.75, 3.05) is 5.73 Å². The van der Waals surface area contributed by atoms with E-state index in [0.29, 0.717) is 22.5 Å². The summed E-state index contributed by atoms with van der Waals surface area (Å²) in [6.07, 6.45) is 0.641. The molecule has 0 aliphatic carbocycles. The number of carboxylic acids is 1. The molecule has 0 atom stereocenters. The molecule has 0 spiro atoms. The number of fused-ring (bicyclic) bond motifs is 1. The van der Waals surface area contributed by atoms with Gasteiger partial charge in [0.05, 0.1) is 11.4 Å². The van der Waals surface area contributed by atoms with Crippen LogP contribution in [0.3, 0.4) is 0 Å². The van der Waals surface area contributed by atoms with Crippen LogP contribution in [0.5, 0.6) is 0 Å². The fourth-order valence-electron chi connectivity index (χ4n) is 1.32. The van der Waals surface area contributed by atoms with Gasteiger partial charge >= 0.3 is 5.97 Å². The van der Waals surface area contributed by atoms with E-state index in [0.717, 1.165) is 11.3 Å². The maximum atomic E-state index is 10.9. The van der Waals surface area contributed by atoms with Gasteiger partial charge in [-0.05, 0) is 6.42 Å². The number of nitrogens with zero attached hydrogens (tertiary/aromatic N) is 2. The number of halogens is 1. The third kappa shape index (κ3) is 1.60. The summed E-state index contributed by atoms with van der Waals surface area (Å²) in [4.78, 5) is 19.7. The molecule has 2 aromatic heterocycles. The molecule has 3 N–H and O–H groups in total. The summed E-state index contributed by atoms with van der Waals surface area (Å²) in [6, 6.07) is 0. The summed E-state index contributed by atoms with van der Waals surface area (Å²) in [5, 5.41) is 9.18. The smallest absolute Gasteiger partial charge is 0.348 e. The zero-order valence-corrected chi connectivity index (χ0v) is 9.89. The van der Waals surface area contributed by atoms with Crippen molar-refractivity contribution in [3.05, 3.63) is 15.7 Å². The molecule has 0 saturated heterocycles. The lowest BCUT2D eigenvalue weighted by molar-refractivity contribution is 0.0703. The minimum atomic E-state index is -1.07. The van der Waals surface area contributed by atoms with E-state index in [9.17, 15) is 4.79 Å². The van der Waals surface area contributed by atoms with Crippen LogP contribution in [0, 0.1) is 0 Å². The molecular formula is C9H8ClN3O2S. The molecule has 0 aromatic carbocycles. The number of aromatic nitrogens is 2. The van der Waals surface area contributed by atoms with Crippen molar-refractivity contribution in [3.63, 3.8) is 0 Å². The van der Waals surface area contributed by atoms with Gasteiger partial charge in [-0.25, -0.2) is 14.8 Å². The number of nitrogens with two attached hydrogens (primary N) is 1. The Morgan fingerprint density at radius 2 is 2.25 bits per heavy atom. The van der Waals surface area contributed by atoms with Gasteiger partial charge in [-0.15, -0.1) is 11.3 Å². The van der Waals surface area contributed by atoms with Crippen LogP contribution in [0.15, 0.2) is 0 Å². The molecule has 0 bridgehead atoms. The number of nitrogen functional groups attached to an aromatic ring is 1. The van der Waals surface area contributed by atoms with Gasteiger partial charge < -0.3 is 10.8 Å². The van der Waals surface area contributed by atoms with Gasteiger partial charge in [-0.3, -0.25) is 0 Å². The molecule has 0 fully saturated rings. The van der Waals surface area contributed by atoms with Crippen molar-refractivity contribution in [2.45, 2.75) is 13.3 Å². The van der Waals surface area contributed by atoms with Crippen LogP contribution in [0.2, 0.25) is 5.15 Å². The van der Waals surface area contributed by atoms with Crippen molar-refractivity contribution in [3.8, 4) is 0 Å². The Kier molecular flexibility index (Phi) is 2.69. The highest BCUT2D eigenvalue weighted by Gasteiger charge is 2.18. The monoisotopic (exact) mass is 257 g/mol. The quantitative estimate of drug-likeness (QED) is 0.861. The molecule has 0 amide bonds. The molecule has 0 aliphatic rings. The van der Waals surface area contributed by atoms with Crippen molar-refractivity contribution in [1.82, 2.24) is 9.97 Å². The summed E-state index contributed by atoms with van der Waals surface area (Å²) < 4.78 is 0. The minimum absolute atomic E-state index is 0.0549. The Balaban J connectivity index is 2.77. The van der Waals surface area contributed by atoms with E-state index >= 15 is 0 Å². The summed E-state index contributed by atoms with van der Waals surface area (Å²) >= 11 is 6.91. The summed E-state index contributed by atoms with van der Waals surface area (Å²) in [5.74, 6) is -1.07. The minimum Gasteiger partial charge on any atom is -0.477 e. The van der Waals surface area contributed by atoms with Gasteiger partial charge in [0.25, 0.3) is 0 Å². The molecule has 5 nitrogen and oxygen atoms in total. The van der Waals surface area contributed by atoms with Crippen LogP contribution in [0.25, 0.3) is 10.3 Å². The zero-order chi connectivity index (χ0) is 11.9. The number of anilines is 1. The Morgan fingerprint density at radius 3 is 2.81 bits per heavy atom. The van der Waals surface area contributed by atoms with E-state index in [1.54, 1.807) is 0 Å². The van der Waals surface area contributed by atoms with E-state index in [2.05, 4.69) is 9.97 Å². The van der Waals surface area contributed by atoms with Crippen molar-refractivity contribution >= 4 is 44.9 Å². The summed E-state index contributed by atoms with van der Waals surface area (Å²) in [5.41, 5.74) is 6.81. The van der Waals surface area contributed by atoms with E-state index < -0.39 is 5.97 Å².